The first kappa shape index (κ1) is 19.1. The molecule has 0 aromatic heterocycles. The monoisotopic (exact) mass is 405 g/mol. The van der Waals surface area contributed by atoms with Crippen molar-refractivity contribution < 1.29 is 23.8 Å². The predicted octanol–water partition coefficient (Wildman–Crippen LogP) is 4.13. The number of amides is 2. The summed E-state index contributed by atoms with van der Waals surface area (Å²) in [5, 5.41) is 2.31. The van der Waals surface area contributed by atoms with Crippen molar-refractivity contribution in [2.24, 2.45) is 0 Å². The Morgan fingerprint density at radius 1 is 1.04 bits per heavy atom. The number of carbonyl (C=O) groups excluding carboxylic acids is 2. The quantitative estimate of drug-likeness (QED) is 0.551. The molecule has 0 unspecified atom stereocenters. The van der Waals surface area contributed by atoms with Crippen molar-refractivity contribution in [3.8, 4) is 17.2 Å². The summed E-state index contributed by atoms with van der Waals surface area (Å²) in [4.78, 5) is 23.3. The number of ether oxygens (including phenoxy) is 3. The molecule has 2 amide bonds. The molecule has 2 aromatic carbocycles. The molecule has 2 aromatic rings. The number of hydrogen-bond donors (Lipinski definition) is 1. The molecular formula is C19H16ClNO5S. The lowest BCUT2D eigenvalue weighted by molar-refractivity contribution is -0.115. The lowest BCUT2D eigenvalue weighted by Crippen LogP contribution is -2.17. The van der Waals surface area contributed by atoms with Crippen molar-refractivity contribution in [2.75, 3.05) is 20.3 Å². The van der Waals surface area contributed by atoms with Crippen LogP contribution in [-0.4, -0.2) is 31.5 Å². The maximum absolute atomic E-state index is 11.7. The van der Waals surface area contributed by atoms with E-state index in [1.807, 2.05) is 24.3 Å². The number of rotatable bonds is 7. The average Bonchev–Trinajstić information content (AvgIpc) is 2.97. The molecule has 6 nitrogen and oxygen atoms in total. The van der Waals surface area contributed by atoms with E-state index in [2.05, 4.69) is 5.32 Å². The summed E-state index contributed by atoms with van der Waals surface area (Å²) in [7, 11) is 1.60. The van der Waals surface area contributed by atoms with Crippen LogP contribution in [-0.2, 0) is 4.79 Å². The van der Waals surface area contributed by atoms with Crippen LogP contribution in [0.25, 0.3) is 6.08 Å². The third-order valence-electron chi connectivity index (χ3n) is 3.57. The average molecular weight is 406 g/mol. The lowest BCUT2D eigenvalue weighted by atomic mass is 10.2. The standard InChI is InChI=1S/C19H16ClNO5S/c1-24-14-3-5-15(6-4-14)25-8-9-26-16-7-2-13(20)10-12(16)11-17-18(22)21-19(23)27-17/h2-7,10-11H,8-9H2,1H3,(H,21,22,23). The van der Waals surface area contributed by atoms with Gasteiger partial charge in [0.25, 0.3) is 11.1 Å². The van der Waals surface area contributed by atoms with E-state index in [0.29, 0.717) is 40.2 Å². The molecule has 1 aliphatic heterocycles. The summed E-state index contributed by atoms with van der Waals surface area (Å²) in [5.74, 6) is 1.57. The van der Waals surface area contributed by atoms with Crippen LogP contribution in [0.2, 0.25) is 5.02 Å². The molecule has 1 aliphatic rings. The van der Waals surface area contributed by atoms with Crippen molar-refractivity contribution >= 4 is 40.6 Å². The van der Waals surface area contributed by atoms with Gasteiger partial charge in [0.15, 0.2) is 0 Å². The highest BCUT2D eigenvalue weighted by Crippen LogP contribution is 2.30. The van der Waals surface area contributed by atoms with Gasteiger partial charge in [0.1, 0.15) is 30.5 Å². The van der Waals surface area contributed by atoms with Gasteiger partial charge in [0, 0.05) is 10.6 Å². The minimum atomic E-state index is -0.432. The fraction of sp³-hybridized carbons (Fsp3) is 0.158. The first-order valence-electron chi connectivity index (χ1n) is 7.99. The van der Waals surface area contributed by atoms with Gasteiger partial charge >= 0.3 is 0 Å². The Hall–Kier alpha value is -2.64. The smallest absolute Gasteiger partial charge is 0.290 e. The largest absolute Gasteiger partial charge is 0.497 e. The molecular weight excluding hydrogens is 390 g/mol. The molecule has 0 aliphatic carbocycles. The second kappa shape index (κ2) is 8.83. The van der Waals surface area contributed by atoms with Crippen molar-refractivity contribution in [3.05, 3.63) is 58.0 Å². The van der Waals surface area contributed by atoms with Gasteiger partial charge in [0.05, 0.1) is 12.0 Å². The number of hydrogen-bond acceptors (Lipinski definition) is 6. The van der Waals surface area contributed by atoms with Crippen LogP contribution in [0.4, 0.5) is 4.79 Å². The zero-order valence-electron chi connectivity index (χ0n) is 14.4. The lowest BCUT2D eigenvalue weighted by Gasteiger charge is -2.11. The molecule has 0 saturated carbocycles. The topological polar surface area (TPSA) is 73.9 Å². The number of thioether (sulfide) groups is 1. The Labute approximate surface area is 165 Å². The van der Waals surface area contributed by atoms with Gasteiger partial charge in [-0.05, 0) is 60.3 Å². The molecule has 1 fully saturated rings. The van der Waals surface area contributed by atoms with Gasteiger partial charge in [-0.25, -0.2) is 0 Å². The molecule has 0 spiro atoms. The van der Waals surface area contributed by atoms with Crippen molar-refractivity contribution in [3.63, 3.8) is 0 Å². The molecule has 0 radical (unpaired) electrons. The Kier molecular flexibility index (Phi) is 6.26. The van der Waals surface area contributed by atoms with E-state index in [-0.39, 0.29) is 0 Å². The summed E-state index contributed by atoms with van der Waals surface area (Å²) >= 11 is 6.88. The molecule has 1 heterocycles. The Balaban J connectivity index is 1.62. The molecule has 1 N–H and O–H groups in total. The highest BCUT2D eigenvalue weighted by molar-refractivity contribution is 8.18. The molecule has 0 bridgehead atoms. The van der Waals surface area contributed by atoms with E-state index in [9.17, 15) is 9.59 Å². The van der Waals surface area contributed by atoms with Crippen molar-refractivity contribution in [1.29, 1.82) is 0 Å². The predicted molar refractivity (Wildman–Crippen MR) is 105 cm³/mol. The van der Waals surface area contributed by atoms with Crippen LogP contribution in [0, 0.1) is 0 Å². The number of benzene rings is 2. The van der Waals surface area contributed by atoms with Gasteiger partial charge in [0.2, 0.25) is 0 Å². The van der Waals surface area contributed by atoms with Crippen LogP contribution in [0.3, 0.4) is 0 Å². The highest BCUT2D eigenvalue weighted by atomic mass is 35.5. The van der Waals surface area contributed by atoms with Crippen LogP contribution < -0.4 is 19.5 Å². The number of carbonyl (C=O) groups is 2. The fourth-order valence-corrected chi connectivity index (χ4v) is 3.16. The molecule has 3 rings (SSSR count). The first-order chi connectivity index (χ1) is 13.0. The third kappa shape index (κ3) is 5.18. The normalized spacial score (nSPS) is 15.0. The highest BCUT2D eigenvalue weighted by Gasteiger charge is 2.25. The Morgan fingerprint density at radius 3 is 2.41 bits per heavy atom. The van der Waals surface area contributed by atoms with Crippen LogP contribution in [0.1, 0.15) is 5.56 Å². The van der Waals surface area contributed by atoms with E-state index in [1.165, 1.54) is 0 Å². The molecule has 8 heteroatoms. The SMILES string of the molecule is COc1ccc(OCCOc2ccc(Cl)cc2C=C2SC(=O)NC2=O)cc1. The number of halogens is 1. The van der Waals surface area contributed by atoms with Crippen molar-refractivity contribution in [1.82, 2.24) is 5.32 Å². The van der Waals surface area contributed by atoms with Crippen LogP contribution in [0.15, 0.2) is 47.4 Å². The summed E-state index contributed by atoms with van der Waals surface area (Å²) in [6.45, 7) is 0.626. The minimum absolute atomic E-state index is 0.293. The number of imide groups is 1. The summed E-state index contributed by atoms with van der Waals surface area (Å²) in [6, 6.07) is 12.3. The Bertz CT molecular complexity index is 882. The van der Waals surface area contributed by atoms with Gasteiger partial charge in [-0.2, -0.15) is 0 Å². The number of methoxy groups -OCH3 is 1. The van der Waals surface area contributed by atoms with E-state index in [1.54, 1.807) is 31.4 Å². The van der Waals surface area contributed by atoms with E-state index in [4.69, 9.17) is 25.8 Å². The molecule has 140 valence electrons. The molecule has 0 atom stereocenters. The fourth-order valence-electron chi connectivity index (χ4n) is 2.31. The van der Waals surface area contributed by atoms with Crippen LogP contribution >= 0.6 is 23.4 Å². The second-order valence-electron chi connectivity index (χ2n) is 5.41. The first-order valence-corrected chi connectivity index (χ1v) is 9.18. The zero-order chi connectivity index (χ0) is 19.2. The minimum Gasteiger partial charge on any atom is -0.497 e. The summed E-state index contributed by atoms with van der Waals surface area (Å²) in [5.41, 5.74) is 0.610. The third-order valence-corrected chi connectivity index (χ3v) is 4.62. The van der Waals surface area contributed by atoms with E-state index >= 15 is 0 Å². The van der Waals surface area contributed by atoms with Gasteiger partial charge in [-0.3, -0.25) is 14.9 Å². The van der Waals surface area contributed by atoms with Crippen LogP contribution in [0.5, 0.6) is 17.2 Å². The van der Waals surface area contributed by atoms with E-state index < -0.39 is 11.1 Å². The number of nitrogens with one attached hydrogen (secondary N) is 1. The maximum Gasteiger partial charge on any atom is 0.290 e. The maximum atomic E-state index is 11.7. The van der Waals surface area contributed by atoms with Gasteiger partial charge in [-0.15, -0.1) is 0 Å². The molecule has 27 heavy (non-hydrogen) atoms. The van der Waals surface area contributed by atoms with E-state index in [0.717, 1.165) is 17.5 Å². The van der Waals surface area contributed by atoms with Crippen molar-refractivity contribution in [2.45, 2.75) is 0 Å². The van der Waals surface area contributed by atoms with Gasteiger partial charge < -0.3 is 14.2 Å². The summed E-state index contributed by atoms with van der Waals surface area (Å²) < 4.78 is 16.5. The molecule has 1 saturated heterocycles. The zero-order valence-corrected chi connectivity index (χ0v) is 15.9. The Morgan fingerprint density at radius 2 is 1.74 bits per heavy atom. The summed E-state index contributed by atoms with van der Waals surface area (Å²) in [6.07, 6.45) is 1.58. The second-order valence-corrected chi connectivity index (χ2v) is 6.86. The van der Waals surface area contributed by atoms with Gasteiger partial charge in [-0.1, -0.05) is 11.6 Å².